The monoisotopic (exact) mass is 829 g/mol. The molecule has 4 aromatic carbocycles. The first-order chi connectivity index (χ1) is 28.5. The Balaban J connectivity index is 0.000000188. The van der Waals surface area contributed by atoms with E-state index in [2.05, 4.69) is 74.2 Å². The molecule has 0 aliphatic heterocycles. The van der Waals surface area contributed by atoms with E-state index in [0.29, 0.717) is 45.6 Å². The lowest BCUT2D eigenvalue weighted by atomic mass is 10.1. The van der Waals surface area contributed by atoms with Gasteiger partial charge in [0.1, 0.15) is 23.3 Å². The number of hydrogen-bond acceptors (Lipinski definition) is 12. The Morgan fingerprint density at radius 1 is 0.763 bits per heavy atom. The SMILES string of the molecule is COC(=O)c1ccc2nc(C)nc(N[C@H](C)c3cccc(Cl)c3)c2c1.COc1cc2nc(C)nc(NC(C)c3ccc(-c4ccccc4CNC4CC4)s3)c2cc1OC. The molecule has 13 heteroatoms. The summed E-state index contributed by atoms with van der Waals surface area (Å²) in [6.45, 7) is 8.85. The quantitative estimate of drug-likeness (QED) is 0.0960. The van der Waals surface area contributed by atoms with Crippen molar-refractivity contribution in [2.75, 3.05) is 32.0 Å². The van der Waals surface area contributed by atoms with Crippen molar-refractivity contribution in [2.24, 2.45) is 0 Å². The van der Waals surface area contributed by atoms with Crippen LogP contribution in [0, 0.1) is 13.8 Å². The van der Waals surface area contributed by atoms with E-state index in [1.807, 2.05) is 68.5 Å². The van der Waals surface area contributed by atoms with Crippen LogP contribution in [0.5, 0.6) is 11.5 Å². The van der Waals surface area contributed by atoms with Crippen LogP contribution in [-0.2, 0) is 11.3 Å². The van der Waals surface area contributed by atoms with Crippen LogP contribution in [0.1, 0.15) is 76.8 Å². The van der Waals surface area contributed by atoms with Crippen LogP contribution in [0.3, 0.4) is 0 Å². The van der Waals surface area contributed by atoms with Gasteiger partial charge in [-0.1, -0.05) is 48.0 Å². The molecule has 0 bridgehead atoms. The first-order valence-corrected chi connectivity index (χ1v) is 20.7. The molecule has 0 saturated heterocycles. The molecule has 11 nitrogen and oxygen atoms in total. The lowest BCUT2D eigenvalue weighted by molar-refractivity contribution is 0.0601. The van der Waals surface area contributed by atoms with Gasteiger partial charge in [0.25, 0.3) is 0 Å². The Morgan fingerprint density at radius 3 is 2.14 bits per heavy atom. The molecule has 1 saturated carbocycles. The highest BCUT2D eigenvalue weighted by Crippen LogP contribution is 2.38. The van der Waals surface area contributed by atoms with E-state index in [0.717, 1.165) is 39.7 Å². The van der Waals surface area contributed by atoms with Crippen molar-refractivity contribution in [3.05, 3.63) is 129 Å². The third-order valence-electron chi connectivity index (χ3n) is 10.1. The number of benzene rings is 4. The van der Waals surface area contributed by atoms with Crippen LogP contribution in [0.15, 0.2) is 91.0 Å². The third-order valence-corrected chi connectivity index (χ3v) is 11.6. The summed E-state index contributed by atoms with van der Waals surface area (Å²) in [6, 6.07) is 30.6. The molecule has 2 atom stereocenters. The highest BCUT2D eigenvalue weighted by molar-refractivity contribution is 7.15. The molecule has 3 N–H and O–H groups in total. The van der Waals surface area contributed by atoms with E-state index < -0.39 is 5.97 Å². The topological polar surface area (TPSA) is 132 Å². The number of fused-ring (bicyclic) bond motifs is 2. The summed E-state index contributed by atoms with van der Waals surface area (Å²) in [5, 5.41) is 13.0. The van der Waals surface area contributed by atoms with Gasteiger partial charge in [-0.05, 0) is 106 Å². The summed E-state index contributed by atoms with van der Waals surface area (Å²) >= 11 is 7.90. The van der Waals surface area contributed by atoms with Crippen molar-refractivity contribution in [3.8, 4) is 21.9 Å². The molecule has 0 amide bonds. The van der Waals surface area contributed by atoms with E-state index >= 15 is 0 Å². The van der Waals surface area contributed by atoms with E-state index in [1.165, 1.54) is 40.8 Å². The molecular formula is C46H48ClN7O4S. The fourth-order valence-corrected chi connectivity index (χ4v) is 8.08. The van der Waals surface area contributed by atoms with Gasteiger partial charge < -0.3 is 30.2 Å². The molecule has 304 valence electrons. The second-order valence-electron chi connectivity index (χ2n) is 14.5. The normalized spacial score (nSPS) is 13.3. The molecule has 1 unspecified atom stereocenters. The number of carbonyl (C=O) groups is 1. The van der Waals surface area contributed by atoms with Gasteiger partial charge in [0.15, 0.2) is 11.5 Å². The zero-order chi connectivity index (χ0) is 41.6. The highest BCUT2D eigenvalue weighted by atomic mass is 35.5. The number of anilines is 2. The lowest BCUT2D eigenvalue weighted by Gasteiger charge is -2.17. The maximum atomic E-state index is 11.8. The molecule has 8 rings (SSSR count). The number of ether oxygens (including phenoxy) is 3. The maximum absolute atomic E-state index is 11.8. The van der Waals surface area contributed by atoms with Crippen LogP contribution < -0.4 is 25.4 Å². The van der Waals surface area contributed by atoms with Crippen molar-refractivity contribution in [3.63, 3.8) is 0 Å². The summed E-state index contributed by atoms with van der Waals surface area (Å²) in [5.74, 6) is 3.74. The molecular weight excluding hydrogens is 782 g/mol. The number of carbonyl (C=O) groups excluding carboxylic acids is 1. The first-order valence-electron chi connectivity index (χ1n) is 19.5. The standard InChI is InChI=1S/C27H30N4O2S.C19H18ClN3O2/c1-16(29-27-21-13-23(32-3)24(33-4)14-22(21)30-17(2)31-27)25-11-12-26(34-25)20-8-6-5-7-18(20)15-28-19-9-10-19;1-11(13-5-4-6-15(20)9-13)21-18-16-10-14(19(24)25-3)7-8-17(16)22-12(2)23-18/h5-8,11-14,16,19,28H,9-10,15H2,1-4H3,(H,29,30,31);4-11H,1-3H3,(H,21,22,23)/t;11-/m.1/s1. The van der Waals surface area contributed by atoms with Gasteiger partial charge in [-0.15, -0.1) is 11.3 Å². The van der Waals surface area contributed by atoms with Crippen LogP contribution in [-0.4, -0.2) is 53.3 Å². The number of aromatic nitrogens is 4. The zero-order valence-electron chi connectivity index (χ0n) is 34.2. The van der Waals surface area contributed by atoms with Crippen LogP contribution in [0.25, 0.3) is 32.2 Å². The lowest BCUT2D eigenvalue weighted by Crippen LogP contribution is -2.15. The fraction of sp³-hybridized carbons (Fsp3) is 0.283. The number of methoxy groups -OCH3 is 3. The van der Waals surface area contributed by atoms with Gasteiger partial charge in [-0.3, -0.25) is 0 Å². The molecule has 7 aromatic rings. The Kier molecular flexibility index (Phi) is 12.9. The summed E-state index contributed by atoms with van der Waals surface area (Å²) in [4.78, 5) is 32.6. The number of thiophene rings is 1. The van der Waals surface area contributed by atoms with Crippen molar-refractivity contribution in [2.45, 2.75) is 65.2 Å². The Bertz CT molecular complexity index is 2610. The van der Waals surface area contributed by atoms with Gasteiger partial charge in [-0.25, -0.2) is 24.7 Å². The smallest absolute Gasteiger partial charge is 0.337 e. The number of hydrogen-bond donors (Lipinski definition) is 3. The van der Waals surface area contributed by atoms with Crippen molar-refractivity contribution in [1.82, 2.24) is 25.3 Å². The van der Waals surface area contributed by atoms with Gasteiger partial charge >= 0.3 is 5.97 Å². The van der Waals surface area contributed by atoms with Gasteiger partial charge in [0.2, 0.25) is 0 Å². The van der Waals surface area contributed by atoms with Gasteiger partial charge in [-0.2, -0.15) is 0 Å². The number of esters is 1. The second kappa shape index (κ2) is 18.4. The Morgan fingerprint density at radius 2 is 1.44 bits per heavy atom. The maximum Gasteiger partial charge on any atom is 0.337 e. The molecule has 59 heavy (non-hydrogen) atoms. The molecule has 1 aliphatic carbocycles. The van der Waals surface area contributed by atoms with Gasteiger partial charge in [0, 0.05) is 44.2 Å². The van der Waals surface area contributed by atoms with Crippen LogP contribution in [0.2, 0.25) is 5.02 Å². The second-order valence-corrected chi connectivity index (χ2v) is 16.0. The minimum absolute atomic E-state index is 0.0158. The van der Waals surface area contributed by atoms with Gasteiger partial charge in [0.05, 0.1) is 50.0 Å². The molecule has 1 fully saturated rings. The summed E-state index contributed by atoms with van der Waals surface area (Å²) in [7, 11) is 4.63. The number of nitrogens with zero attached hydrogens (tertiary/aromatic N) is 4. The van der Waals surface area contributed by atoms with E-state index in [1.54, 1.807) is 32.4 Å². The number of aryl methyl sites for hydroxylation is 2. The summed E-state index contributed by atoms with van der Waals surface area (Å²) in [6.07, 6.45) is 2.59. The Labute approximate surface area is 353 Å². The van der Waals surface area contributed by atoms with E-state index in [-0.39, 0.29) is 12.1 Å². The number of nitrogens with one attached hydrogen (secondary N) is 3. The van der Waals surface area contributed by atoms with Crippen molar-refractivity contribution < 1.29 is 19.0 Å². The van der Waals surface area contributed by atoms with Crippen LogP contribution >= 0.6 is 22.9 Å². The largest absolute Gasteiger partial charge is 0.493 e. The average Bonchev–Trinajstić information content (AvgIpc) is 3.94. The predicted molar refractivity (Wildman–Crippen MR) is 238 cm³/mol. The van der Waals surface area contributed by atoms with Crippen molar-refractivity contribution >= 4 is 62.3 Å². The minimum atomic E-state index is -0.392. The average molecular weight is 830 g/mol. The molecule has 1 aliphatic rings. The Hall–Kier alpha value is -5.82. The molecule has 3 heterocycles. The third kappa shape index (κ3) is 9.90. The predicted octanol–water partition coefficient (Wildman–Crippen LogP) is 10.7. The van der Waals surface area contributed by atoms with E-state index in [9.17, 15) is 4.79 Å². The number of rotatable bonds is 13. The number of halogens is 1. The zero-order valence-corrected chi connectivity index (χ0v) is 35.8. The van der Waals surface area contributed by atoms with E-state index in [4.69, 9.17) is 30.8 Å². The van der Waals surface area contributed by atoms with Crippen LogP contribution in [0.4, 0.5) is 11.6 Å². The summed E-state index contributed by atoms with van der Waals surface area (Å²) in [5.41, 5.74) is 5.74. The molecule has 0 radical (unpaired) electrons. The fourth-order valence-electron chi connectivity index (χ4n) is 6.81. The first kappa shape index (κ1) is 41.3. The highest BCUT2D eigenvalue weighted by Gasteiger charge is 2.21. The molecule has 0 spiro atoms. The minimum Gasteiger partial charge on any atom is -0.493 e. The summed E-state index contributed by atoms with van der Waals surface area (Å²) < 4.78 is 15.8. The van der Waals surface area contributed by atoms with Crippen molar-refractivity contribution in [1.29, 1.82) is 0 Å². The molecule has 3 aromatic heterocycles.